The van der Waals surface area contributed by atoms with E-state index >= 15 is 0 Å². The van der Waals surface area contributed by atoms with Gasteiger partial charge in [-0.25, -0.2) is 0 Å². The van der Waals surface area contributed by atoms with Crippen LogP contribution < -0.4 is 0 Å². The van der Waals surface area contributed by atoms with Crippen LogP contribution in [0.4, 0.5) is 0 Å². The van der Waals surface area contributed by atoms with Crippen molar-refractivity contribution in [1.82, 2.24) is 0 Å². The average molecular weight is 146 g/mol. The summed E-state index contributed by atoms with van der Waals surface area (Å²) >= 11 is 0. The van der Waals surface area contributed by atoms with Gasteiger partial charge >= 0.3 is 43.7 Å². The summed E-state index contributed by atoms with van der Waals surface area (Å²) in [5.41, 5.74) is 0. The van der Waals surface area contributed by atoms with E-state index in [0.717, 1.165) is 0 Å². The normalized spacial score (nSPS) is 11.8. The topological polar surface area (TPSA) is 57.5 Å². The third-order valence-electron chi connectivity index (χ3n) is 0.470. The van der Waals surface area contributed by atoms with E-state index in [-0.39, 0.29) is 44.2 Å². The Hall–Kier alpha value is 0.690. The van der Waals surface area contributed by atoms with Gasteiger partial charge in [0.2, 0.25) is 0 Å². The Balaban J connectivity index is 0. The van der Waals surface area contributed by atoms with E-state index < -0.39 is 12.1 Å². The third-order valence-corrected chi connectivity index (χ3v) is 0.470. The maximum absolute atomic E-state index is 9.65. The van der Waals surface area contributed by atoms with Crippen molar-refractivity contribution in [2.75, 3.05) is 0 Å². The summed E-state index contributed by atoms with van der Waals surface area (Å²) in [5.74, 6) is -0.963. The van der Waals surface area contributed by atoms with Crippen molar-refractivity contribution in [2.24, 2.45) is 0 Å². The molecule has 0 heterocycles. The van der Waals surface area contributed by atoms with Crippen LogP contribution in [-0.2, 0) is 4.79 Å². The molecule has 2 N–H and O–H groups in total. The van der Waals surface area contributed by atoms with Crippen molar-refractivity contribution >= 4 is 43.7 Å². The van der Waals surface area contributed by atoms with Crippen molar-refractivity contribution in [3.63, 3.8) is 0 Å². The van der Waals surface area contributed by atoms with Gasteiger partial charge in [0.1, 0.15) is 0 Å². The Labute approximate surface area is 77.7 Å². The summed E-state index contributed by atoms with van der Waals surface area (Å²) < 4.78 is 0. The van der Waals surface area contributed by atoms with Crippen LogP contribution in [0.2, 0.25) is 0 Å². The summed E-state index contributed by atoms with van der Waals surface area (Å²) in [6.45, 7) is 1.44. The molecule has 0 amide bonds. The summed E-state index contributed by atoms with van der Waals surface area (Å²) in [4.78, 5) is 9.65. The average Bonchev–Trinajstić information content (AvgIpc) is 1.27. The van der Waals surface area contributed by atoms with E-state index in [2.05, 4.69) is 0 Å². The maximum atomic E-state index is 9.65. The molecule has 0 saturated carbocycles. The first-order valence-electron chi connectivity index (χ1n) is 2.03. The second-order valence-corrected chi connectivity index (χ2v) is 1.45. The standard InChI is InChI=1S/C4H8O3.Ca.2H/c1-3(5)2-4(6)7;;;/h3,5H,2H2,1H3,(H,6,7);;;. The van der Waals surface area contributed by atoms with E-state index in [1.807, 2.05) is 0 Å². The molecule has 0 aromatic heterocycles. The Morgan fingerprint density at radius 2 is 2.12 bits per heavy atom. The zero-order valence-corrected chi connectivity index (χ0v) is 4.09. The quantitative estimate of drug-likeness (QED) is 0.487. The number of rotatable bonds is 2. The zero-order chi connectivity index (χ0) is 5.86. The third kappa shape index (κ3) is 9.85. The molecule has 0 aliphatic carbocycles. The molecule has 0 fully saturated rings. The predicted molar refractivity (Wildman–Crippen MR) is 32.5 cm³/mol. The molecule has 3 nitrogen and oxygen atoms in total. The first-order valence-corrected chi connectivity index (χ1v) is 2.03. The molecule has 1 unspecified atom stereocenters. The van der Waals surface area contributed by atoms with Gasteiger partial charge in [-0.3, -0.25) is 4.79 Å². The molecule has 0 aromatic rings. The van der Waals surface area contributed by atoms with Gasteiger partial charge in [-0.15, -0.1) is 0 Å². The van der Waals surface area contributed by atoms with E-state index in [1.54, 1.807) is 0 Å². The van der Waals surface area contributed by atoms with Crippen LogP contribution in [0, 0.1) is 0 Å². The molecule has 0 saturated heterocycles. The van der Waals surface area contributed by atoms with Gasteiger partial charge < -0.3 is 10.2 Å². The predicted octanol–water partition coefficient (Wildman–Crippen LogP) is -1.07. The van der Waals surface area contributed by atoms with Gasteiger partial charge in [-0.05, 0) is 6.92 Å². The zero-order valence-electron chi connectivity index (χ0n) is 4.09. The van der Waals surface area contributed by atoms with Gasteiger partial charge in [0.15, 0.2) is 0 Å². The van der Waals surface area contributed by atoms with Crippen LogP contribution in [0.25, 0.3) is 0 Å². The molecule has 0 rings (SSSR count). The van der Waals surface area contributed by atoms with Gasteiger partial charge in [0, 0.05) is 0 Å². The number of hydrogen-bond donors (Lipinski definition) is 2. The number of aliphatic hydroxyl groups excluding tert-OH is 1. The first-order chi connectivity index (χ1) is 3.13. The number of aliphatic hydroxyl groups is 1. The van der Waals surface area contributed by atoms with E-state index in [9.17, 15) is 4.79 Å². The summed E-state index contributed by atoms with van der Waals surface area (Å²) in [7, 11) is 0. The van der Waals surface area contributed by atoms with Crippen molar-refractivity contribution in [3.8, 4) is 0 Å². The minimum atomic E-state index is -0.963. The molecule has 0 radical (unpaired) electrons. The minimum absolute atomic E-state index is 0. The van der Waals surface area contributed by atoms with Crippen molar-refractivity contribution < 1.29 is 15.0 Å². The molecule has 0 aliphatic rings. The number of carbonyl (C=O) groups is 1. The molecule has 8 heavy (non-hydrogen) atoms. The number of hydrogen-bond acceptors (Lipinski definition) is 2. The molecule has 46 valence electrons. The van der Waals surface area contributed by atoms with E-state index in [4.69, 9.17) is 10.2 Å². The van der Waals surface area contributed by atoms with Crippen LogP contribution in [0.3, 0.4) is 0 Å². The number of carboxylic acids is 1. The van der Waals surface area contributed by atoms with Gasteiger partial charge in [0.25, 0.3) is 0 Å². The monoisotopic (exact) mass is 146 g/mol. The SMILES string of the molecule is CC(O)CC(=O)O.[CaH2]. The fraction of sp³-hybridized carbons (Fsp3) is 0.750. The Morgan fingerprint density at radius 1 is 1.75 bits per heavy atom. The van der Waals surface area contributed by atoms with E-state index in [0.29, 0.717) is 0 Å². The van der Waals surface area contributed by atoms with Crippen LogP contribution in [0.1, 0.15) is 13.3 Å². The van der Waals surface area contributed by atoms with E-state index in [1.165, 1.54) is 6.92 Å². The molecule has 0 aliphatic heterocycles. The second kappa shape index (κ2) is 5.82. The first kappa shape index (κ1) is 11.5. The van der Waals surface area contributed by atoms with Crippen molar-refractivity contribution in [1.29, 1.82) is 0 Å². The van der Waals surface area contributed by atoms with Crippen LogP contribution >= 0.6 is 0 Å². The van der Waals surface area contributed by atoms with Crippen LogP contribution in [0.15, 0.2) is 0 Å². The molecule has 1 atom stereocenters. The molecular formula is C4H10CaO3. The van der Waals surface area contributed by atoms with Crippen molar-refractivity contribution in [3.05, 3.63) is 0 Å². The fourth-order valence-corrected chi connectivity index (χ4v) is 0.253. The second-order valence-electron chi connectivity index (χ2n) is 1.45. The van der Waals surface area contributed by atoms with Crippen molar-refractivity contribution in [2.45, 2.75) is 19.4 Å². The summed E-state index contributed by atoms with van der Waals surface area (Å²) in [6, 6.07) is 0. The summed E-state index contributed by atoms with van der Waals surface area (Å²) in [5, 5.41) is 16.3. The van der Waals surface area contributed by atoms with Gasteiger partial charge in [0.05, 0.1) is 12.5 Å². The molecule has 4 heteroatoms. The number of aliphatic carboxylic acids is 1. The number of carboxylic acid groups (broad SMARTS) is 1. The molecule has 0 bridgehead atoms. The summed E-state index contributed by atoms with van der Waals surface area (Å²) in [6.07, 6.45) is -0.891. The molecular weight excluding hydrogens is 136 g/mol. The fourth-order valence-electron chi connectivity index (χ4n) is 0.253. The Kier molecular flexibility index (Phi) is 8.35. The Morgan fingerprint density at radius 3 is 2.12 bits per heavy atom. The van der Waals surface area contributed by atoms with Crippen LogP contribution in [0.5, 0.6) is 0 Å². The molecule has 0 spiro atoms. The van der Waals surface area contributed by atoms with Crippen LogP contribution in [-0.4, -0.2) is 60.0 Å². The Bertz CT molecular complexity index is 71.7. The van der Waals surface area contributed by atoms with Gasteiger partial charge in [-0.2, -0.15) is 0 Å². The van der Waals surface area contributed by atoms with Gasteiger partial charge in [-0.1, -0.05) is 0 Å². The molecule has 0 aromatic carbocycles.